The first kappa shape index (κ1) is 15.8. The zero-order valence-corrected chi connectivity index (χ0v) is 14.3. The molecule has 0 atom stereocenters. The number of nitrogens with zero attached hydrogens (tertiary/aromatic N) is 1. The van der Waals surface area contributed by atoms with Crippen LogP contribution < -0.4 is 9.47 Å². The van der Waals surface area contributed by atoms with Crippen LogP contribution >= 0.6 is 0 Å². The van der Waals surface area contributed by atoms with Crippen molar-refractivity contribution in [2.24, 2.45) is 0 Å². The van der Waals surface area contributed by atoms with Crippen molar-refractivity contribution < 1.29 is 14.0 Å². The fourth-order valence-electron chi connectivity index (χ4n) is 2.69. The molecule has 4 heteroatoms. The van der Waals surface area contributed by atoms with Gasteiger partial charge in [-0.3, -0.25) is 0 Å². The highest BCUT2D eigenvalue weighted by molar-refractivity contribution is 5.37. The predicted molar refractivity (Wildman–Crippen MR) is 95.1 cm³/mol. The van der Waals surface area contributed by atoms with Crippen molar-refractivity contribution in [1.82, 2.24) is 5.16 Å². The standard InChI is InChI=1S/C21H21NO3/c1-2-15-4-3-5-19(12-15)24-18-10-8-17(9-11-18)23-14-20-13-21(22-25-20)16-6-7-16/h3-5,8-13,16H,2,6-7,14H2,1H3. The summed E-state index contributed by atoms with van der Waals surface area (Å²) in [7, 11) is 0. The monoisotopic (exact) mass is 335 g/mol. The molecule has 4 nitrogen and oxygen atoms in total. The van der Waals surface area contributed by atoms with E-state index in [1.54, 1.807) is 0 Å². The van der Waals surface area contributed by atoms with Crippen molar-refractivity contribution >= 4 is 0 Å². The minimum atomic E-state index is 0.387. The summed E-state index contributed by atoms with van der Waals surface area (Å²) in [6.07, 6.45) is 3.43. The Labute approximate surface area is 147 Å². The third-order valence-electron chi connectivity index (χ3n) is 4.32. The topological polar surface area (TPSA) is 44.5 Å². The van der Waals surface area contributed by atoms with Crippen LogP contribution in [0.25, 0.3) is 0 Å². The van der Waals surface area contributed by atoms with Gasteiger partial charge in [0.05, 0.1) is 5.69 Å². The number of aromatic nitrogens is 1. The van der Waals surface area contributed by atoms with E-state index in [-0.39, 0.29) is 0 Å². The second kappa shape index (κ2) is 7.01. The Morgan fingerprint density at radius 2 is 1.80 bits per heavy atom. The molecule has 0 spiro atoms. The second-order valence-corrected chi connectivity index (χ2v) is 6.36. The number of benzene rings is 2. The molecule has 0 saturated heterocycles. The summed E-state index contributed by atoms with van der Waals surface area (Å²) in [4.78, 5) is 0. The Morgan fingerprint density at radius 1 is 1.00 bits per heavy atom. The summed E-state index contributed by atoms with van der Waals surface area (Å²) < 4.78 is 17.0. The van der Waals surface area contributed by atoms with Gasteiger partial charge in [0.15, 0.2) is 5.76 Å². The molecule has 2 aromatic carbocycles. The molecule has 3 aromatic rings. The van der Waals surface area contributed by atoms with Gasteiger partial charge in [-0.05, 0) is 61.2 Å². The van der Waals surface area contributed by atoms with Gasteiger partial charge >= 0.3 is 0 Å². The van der Waals surface area contributed by atoms with Crippen LogP contribution in [0.4, 0.5) is 0 Å². The Balaban J connectivity index is 1.34. The molecule has 0 bridgehead atoms. The van der Waals surface area contributed by atoms with E-state index in [2.05, 4.69) is 24.2 Å². The number of hydrogen-bond acceptors (Lipinski definition) is 4. The molecule has 4 rings (SSSR count). The van der Waals surface area contributed by atoms with E-state index in [1.807, 2.05) is 42.5 Å². The average molecular weight is 335 g/mol. The van der Waals surface area contributed by atoms with Gasteiger partial charge in [0.2, 0.25) is 0 Å². The molecule has 128 valence electrons. The highest BCUT2D eigenvalue weighted by atomic mass is 16.5. The minimum absolute atomic E-state index is 0.387. The molecule has 1 saturated carbocycles. The largest absolute Gasteiger partial charge is 0.486 e. The van der Waals surface area contributed by atoms with Gasteiger partial charge < -0.3 is 14.0 Å². The molecular formula is C21H21NO3. The lowest BCUT2D eigenvalue weighted by Gasteiger charge is -2.08. The third kappa shape index (κ3) is 4.02. The van der Waals surface area contributed by atoms with Crippen LogP contribution in [0.5, 0.6) is 17.2 Å². The molecule has 0 N–H and O–H groups in total. The first-order valence-corrected chi connectivity index (χ1v) is 8.75. The average Bonchev–Trinajstić information content (AvgIpc) is 3.40. The van der Waals surface area contributed by atoms with Crippen molar-refractivity contribution in [1.29, 1.82) is 0 Å². The van der Waals surface area contributed by atoms with Crippen LogP contribution in [0, 0.1) is 0 Å². The number of hydrogen-bond donors (Lipinski definition) is 0. The molecule has 0 radical (unpaired) electrons. The first-order chi connectivity index (χ1) is 12.3. The SMILES string of the molecule is CCc1cccc(Oc2ccc(OCc3cc(C4CC4)no3)cc2)c1. The minimum Gasteiger partial charge on any atom is -0.486 e. The van der Waals surface area contributed by atoms with Crippen molar-refractivity contribution in [2.45, 2.75) is 38.7 Å². The van der Waals surface area contributed by atoms with Crippen molar-refractivity contribution in [2.75, 3.05) is 0 Å². The maximum Gasteiger partial charge on any atom is 0.174 e. The van der Waals surface area contributed by atoms with Gasteiger partial charge in [0.1, 0.15) is 23.9 Å². The van der Waals surface area contributed by atoms with Crippen molar-refractivity contribution in [3.05, 3.63) is 71.6 Å². The smallest absolute Gasteiger partial charge is 0.174 e. The molecule has 0 aliphatic heterocycles. The van der Waals surface area contributed by atoms with Crippen LogP contribution in [0.1, 0.15) is 42.7 Å². The Kier molecular flexibility index (Phi) is 4.42. The van der Waals surface area contributed by atoms with Gasteiger partial charge in [-0.25, -0.2) is 0 Å². The molecular weight excluding hydrogens is 314 g/mol. The molecule has 1 aliphatic carbocycles. The second-order valence-electron chi connectivity index (χ2n) is 6.36. The van der Waals surface area contributed by atoms with Crippen molar-refractivity contribution in [3.8, 4) is 17.2 Å². The summed E-state index contributed by atoms with van der Waals surface area (Å²) in [5.74, 6) is 3.77. The lowest BCUT2D eigenvalue weighted by molar-refractivity contribution is 0.248. The van der Waals surface area contributed by atoms with Crippen LogP contribution in [-0.4, -0.2) is 5.16 Å². The van der Waals surface area contributed by atoms with E-state index in [9.17, 15) is 0 Å². The summed E-state index contributed by atoms with van der Waals surface area (Å²) in [6, 6.07) is 17.7. The molecule has 1 fully saturated rings. The van der Waals surface area contributed by atoms with Crippen molar-refractivity contribution in [3.63, 3.8) is 0 Å². The molecule has 1 aromatic heterocycles. The summed E-state index contributed by atoms with van der Waals surface area (Å²) in [5, 5.41) is 4.09. The highest BCUT2D eigenvalue weighted by Crippen LogP contribution is 2.39. The molecule has 0 amide bonds. The Bertz CT molecular complexity index is 834. The van der Waals surface area contributed by atoms with E-state index in [4.69, 9.17) is 14.0 Å². The Hall–Kier alpha value is -2.75. The van der Waals surface area contributed by atoms with E-state index < -0.39 is 0 Å². The molecule has 25 heavy (non-hydrogen) atoms. The normalized spacial score (nSPS) is 13.6. The summed E-state index contributed by atoms with van der Waals surface area (Å²) in [6.45, 7) is 2.52. The van der Waals surface area contributed by atoms with Gasteiger partial charge in [0.25, 0.3) is 0 Å². The van der Waals surface area contributed by atoms with Crippen LogP contribution in [0.2, 0.25) is 0 Å². The molecule has 0 unspecified atom stereocenters. The fraction of sp³-hybridized carbons (Fsp3) is 0.286. The van der Waals surface area contributed by atoms with Gasteiger partial charge in [-0.15, -0.1) is 0 Å². The van der Waals surface area contributed by atoms with Gasteiger partial charge in [-0.1, -0.05) is 24.2 Å². The predicted octanol–water partition coefficient (Wildman–Crippen LogP) is 5.49. The fourth-order valence-corrected chi connectivity index (χ4v) is 2.69. The quantitative estimate of drug-likeness (QED) is 0.573. The van der Waals surface area contributed by atoms with Crippen LogP contribution in [0.3, 0.4) is 0 Å². The molecule has 1 heterocycles. The highest BCUT2D eigenvalue weighted by Gasteiger charge is 2.27. The summed E-state index contributed by atoms with van der Waals surface area (Å²) in [5.41, 5.74) is 2.31. The lowest BCUT2D eigenvalue weighted by Crippen LogP contribution is -1.93. The van der Waals surface area contributed by atoms with E-state index >= 15 is 0 Å². The summed E-state index contributed by atoms with van der Waals surface area (Å²) >= 11 is 0. The van der Waals surface area contributed by atoms with Crippen LogP contribution in [-0.2, 0) is 13.0 Å². The zero-order valence-electron chi connectivity index (χ0n) is 14.3. The first-order valence-electron chi connectivity index (χ1n) is 8.75. The van der Waals surface area contributed by atoms with Gasteiger partial charge in [0, 0.05) is 12.0 Å². The lowest BCUT2D eigenvalue weighted by atomic mass is 10.2. The van der Waals surface area contributed by atoms with Crippen LogP contribution in [0.15, 0.2) is 59.1 Å². The third-order valence-corrected chi connectivity index (χ3v) is 4.32. The maximum atomic E-state index is 5.89. The number of rotatable bonds is 7. The van der Waals surface area contributed by atoms with E-state index in [1.165, 1.54) is 18.4 Å². The number of ether oxygens (including phenoxy) is 2. The zero-order chi connectivity index (χ0) is 17.1. The van der Waals surface area contributed by atoms with Gasteiger partial charge in [-0.2, -0.15) is 0 Å². The number of aryl methyl sites for hydroxylation is 1. The Morgan fingerprint density at radius 3 is 2.56 bits per heavy atom. The maximum absolute atomic E-state index is 5.89. The molecule has 1 aliphatic rings. The van der Waals surface area contributed by atoms with E-state index in [0.717, 1.165) is 35.1 Å². The van der Waals surface area contributed by atoms with E-state index in [0.29, 0.717) is 12.5 Å².